The van der Waals surface area contributed by atoms with Gasteiger partial charge in [0.1, 0.15) is 0 Å². The van der Waals surface area contributed by atoms with E-state index in [0.29, 0.717) is 23.3 Å². The number of fused-ring (bicyclic) bond motifs is 1. The number of carbonyl (C=O) groups excluding carboxylic acids is 1. The topological polar surface area (TPSA) is 66.7 Å². The molecule has 0 saturated carbocycles. The summed E-state index contributed by atoms with van der Waals surface area (Å²) >= 11 is 0. The Morgan fingerprint density at radius 2 is 1.82 bits per heavy atom. The van der Waals surface area contributed by atoms with Gasteiger partial charge in [-0.2, -0.15) is 18.3 Å². The summed E-state index contributed by atoms with van der Waals surface area (Å²) in [5.41, 5.74) is 0.891. The highest BCUT2D eigenvalue weighted by Gasteiger charge is 2.57. The molecular formula is C26H25F3N4O. The Bertz CT molecular complexity index is 1260. The van der Waals surface area contributed by atoms with Crippen molar-refractivity contribution in [1.29, 1.82) is 0 Å². The normalized spacial score (nSPS) is 25.8. The number of ketones is 1. The standard InChI is InChI=1S/C26H25F3N4O/c1-4-25(17-7-5-6-16(12-17)15-8-10-30-11-9-15)20-18(13-24(2,3)14-19(20)34)31-23-21(25)22(32-33-23)26(27,28)29/h5-12,23,31H,4,13-14H2,1-3H3/t23?,25-/m1/s1. The summed E-state index contributed by atoms with van der Waals surface area (Å²) in [6.07, 6.45) is -1.20. The summed E-state index contributed by atoms with van der Waals surface area (Å²) in [5.74, 6) is -0.130. The first kappa shape index (κ1) is 22.5. The molecule has 1 aromatic heterocycles. The van der Waals surface area contributed by atoms with Gasteiger partial charge in [-0.05, 0) is 53.1 Å². The molecule has 1 unspecified atom stereocenters. The van der Waals surface area contributed by atoms with Gasteiger partial charge >= 0.3 is 6.18 Å². The lowest BCUT2D eigenvalue weighted by molar-refractivity contribution is -0.119. The van der Waals surface area contributed by atoms with Crippen molar-refractivity contribution in [2.75, 3.05) is 0 Å². The van der Waals surface area contributed by atoms with E-state index in [4.69, 9.17) is 0 Å². The van der Waals surface area contributed by atoms with Gasteiger partial charge in [-0.3, -0.25) is 9.78 Å². The maximum atomic E-state index is 14.2. The fraction of sp³-hybridized carbons (Fsp3) is 0.385. The van der Waals surface area contributed by atoms with Gasteiger partial charge in [0.25, 0.3) is 0 Å². The van der Waals surface area contributed by atoms with Crippen LogP contribution in [0, 0.1) is 5.41 Å². The van der Waals surface area contributed by atoms with E-state index in [1.807, 2.05) is 57.2 Å². The van der Waals surface area contributed by atoms with Crippen LogP contribution in [0.3, 0.4) is 0 Å². The number of halogens is 3. The second-order valence-corrected chi connectivity index (χ2v) is 9.89. The van der Waals surface area contributed by atoms with Crippen LogP contribution in [0.4, 0.5) is 13.2 Å². The maximum absolute atomic E-state index is 14.2. The Hall–Kier alpha value is -3.29. The van der Waals surface area contributed by atoms with E-state index in [2.05, 4.69) is 20.5 Å². The minimum absolute atomic E-state index is 0.0150. The Balaban J connectivity index is 1.82. The van der Waals surface area contributed by atoms with Crippen molar-refractivity contribution < 1.29 is 18.0 Å². The fourth-order valence-electron chi connectivity index (χ4n) is 5.72. The van der Waals surface area contributed by atoms with E-state index in [1.54, 1.807) is 12.4 Å². The average molecular weight is 467 g/mol. The van der Waals surface area contributed by atoms with Gasteiger partial charge in [-0.1, -0.05) is 39.0 Å². The average Bonchev–Trinajstić information content (AvgIpc) is 3.22. The zero-order chi connectivity index (χ0) is 24.3. The number of rotatable bonds is 3. The van der Waals surface area contributed by atoms with Crippen LogP contribution in [-0.2, 0) is 10.2 Å². The van der Waals surface area contributed by atoms with Crippen LogP contribution >= 0.6 is 0 Å². The van der Waals surface area contributed by atoms with Gasteiger partial charge in [0.05, 0.1) is 5.41 Å². The molecule has 2 atom stereocenters. The van der Waals surface area contributed by atoms with Gasteiger partial charge in [0.2, 0.25) is 0 Å². The molecule has 1 aromatic carbocycles. The minimum atomic E-state index is -4.69. The molecule has 0 radical (unpaired) electrons. The summed E-state index contributed by atoms with van der Waals surface area (Å²) in [7, 11) is 0. The van der Waals surface area contributed by atoms with Crippen molar-refractivity contribution in [1.82, 2.24) is 10.3 Å². The van der Waals surface area contributed by atoms with E-state index >= 15 is 0 Å². The molecule has 1 aliphatic carbocycles. The Labute approximate surface area is 195 Å². The zero-order valence-electron chi connectivity index (χ0n) is 19.2. The number of nitrogens with zero attached hydrogens (tertiary/aromatic N) is 3. The number of hydrogen-bond donors (Lipinski definition) is 1. The van der Waals surface area contributed by atoms with Crippen LogP contribution in [0.25, 0.3) is 11.1 Å². The lowest BCUT2D eigenvalue weighted by Crippen LogP contribution is -2.52. The first-order valence-corrected chi connectivity index (χ1v) is 11.3. The summed E-state index contributed by atoms with van der Waals surface area (Å²) in [5, 5.41) is 10.7. The van der Waals surface area contributed by atoms with Crippen LogP contribution in [0.1, 0.15) is 45.6 Å². The van der Waals surface area contributed by atoms with Gasteiger partial charge in [-0.15, -0.1) is 5.11 Å². The lowest BCUT2D eigenvalue weighted by Gasteiger charge is -2.48. The molecule has 5 nitrogen and oxygen atoms in total. The summed E-state index contributed by atoms with van der Waals surface area (Å²) in [6.45, 7) is 5.83. The molecule has 34 heavy (non-hydrogen) atoms. The highest BCUT2D eigenvalue weighted by Crippen LogP contribution is 2.56. The van der Waals surface area contributed by atoms with Crippen molar-refractivity contribution in [2.24, 2.45) is 15.6 Å². The molecule has 2 aliphatic heterocycles. The fourth-order valence-corrected chi connectivity index (χ4v) is 5.72. The minimum Gasteiger partial charge on any atom is -0.362 e. The van der Waals surface area contributed by atoms with E-state index < -0.39 is 23.5 Å². The zero-order valence-corrected chi connectivity index (χ0v) is 19.2. The van der Waals surface area contributed by atoms with Crippen LogP contribution in [0.5, 0.6) is 0 Å². The van der Waals surface area contributed by atoms with E-state index in [0.717, 1.165) is 11.1 Å². The second-order valence-electron chi connectivity index (χ2n) is 9.89. The van der Waals surface area contributed by atoms with Gasteiger partial charge in [0.15, 0.2) is 17.6 Å². The number of carbonyl (C=O) groups is 1. The summed E-state index contributed by atoms with van der Waals surface area (Å²) < 4.78 is 42.5. The van der Waals surface area contributed by atoms with E-state index in [9.17, 15) is 18.0 Å². The Morgan fingerprint density at radius 3 is 2.50 bits per heavy atom. The summed E-state index contributed by atoms with van der Waals surface area (Å²) in [6, 6.07) is 11.1. The van der Waals surface area contributed by atoms with E-state index in [-0.39, 0.29) is 29.6 Å². The van der Waals surface area contributed by atoms with E-state index in [1.165, 1.54) is 0 Å². The molecule has 176 valence electrons. The molecule has 0 spiro atoms. The van der Waals surface area contributed by atoms with Crippen LogP contribution < -0.4 is 5.32 Å². The first-order chi connectivity index (χ1) is 16.1. The largest absolute Gasteiger partial charge is 0.435 e. The highest BCUT2D eigenvalue weighted by molar-refractivity contribution is 6.01. The van der Waals surface area contributed by atoms with Crippen LogP contribution in [0.2, 0.25) is 0 Å². The number of benzene rings is 1. The maximum Gasteiger partial charge on any atom is 0.435 e. The number of allylic oxidation sites excluding steroid dienone is 3. The third-order valence-electron chi connectivity index (χ3n) is 7.04. The smallest absolute Gasteiger partial charge is 0.362 e. The number of hydrogen-bond acceptors (Lipinski definition) is 5. The Kier molecular flexibility index (Phi) is 5.04. The number of pyridine rings is 1. The third kappa shape index (κ3) is 3.38. The second kappa shape index (κ2) is 7.61. The number of azo groups is 1. The summed E-state index contributed by atoms with van der Waals surface area (Å²) in [4.78, 5) is 17.7. The van der Waals surface area contributed by atoms with Crippen molar-refractivity contribution in [2.45, 2.75) is 57.8 Å². The van der Waals surface area contributed by atoms with Crippen molar-refractivity contribution in [3.63, 3.8) is 0 Å². The molecule has 5 rings (SSSR count). The number of nitrogens with one attached hydrogen (secondary N) is 1. The molecule has 0 saturated heterocycles. The monoisotopic (exact) mass is 466 g/mol. The number of alkyl halides is 3. The molecule has 0 fully saturated rings. The highest BCUT2D eigenvalue weighted by atomic mass is 19.4. The van der Waals surface area contributed by atoms with Crippen molar-refractivity contribution >= 4 is 5.78 Å². The van der Waals surface area contributed by atoms with Crippen LogP contribution in [0.15, 0.2) is 81.6 Å². The molecule has 0 bridgehead atoms. The SMILES string of the molecule is CC[C@@]1(c2cccc(-c3ccncc3)c2)C2=C(CC(C)(C)CC2=O)NC2N=NC(C(F)(F)F)=C21. The van der Waals surface area contributed by atoms with Gasteiger partial charge < -0.3 is 5.32 Å². The third-order valence-corrected chi connectivity index (χ3v) is 7.04. The van der Waals surface area contributed by atoms with Crippen molar-refractivity contribution in [3.05, 3.63) is 76.9 Å². The van der Waals surface area contributed by atoms with Gasteiger partial charge in [0, 0.05) is 35.7 Å². The molecule has 8 heteroatoms. The number of aromatic nitrogens is 1. The van der Waals surface area contributed by atoms with Gasteiger partial charge in [-0.25, -0.2) is 0 Å². The lowest BCUT2D eigenvalue weighted by atomic mass is 9.58. The molecule has 3 heterocycles. The first-order valence-electron chi connectivity index (χ1n) is 11.3. The molecular weight excluding hydrogens is 441 g/mol. The predicted molar refractivity (Wildman–Crippen MR) is 122 cm³/mol. The molecule has 2 aromatic rings. The molecule has 0 amide bonds. The molecule has 1 N–H and O–H groups in total. The number of Topliss-reactive ketones (excluding diaryl/α,β-unsaturated/α-hetero) is 1. The predicted octanol–water partition coefficient (Wildman–Crippen LogP) is 6.25. The molecule has 3 aliphatic rings. The van der Waals surface area contributed by atoms with Crippen molar-refractivity contribution in [3.8, 4) is 11.1 Å². The Morgan fingerprint density at radius 1 is 1.09 bits per heavy atom. The quantitative estimate of drug-likeness (QED) is 0.581. The van der Waals surface area contributed by atoms with Crippen LogP contribution in [-0.4, -0.2) is 23.1 Å².